The first kappa shape index (κ1) is 20.9. The van der Waals surface area contributed by atoms with Crippen molar-refractivity contribution in [2.45, 2.75) is 58.2 Å². The van der Waals surface area contributed by atoms with Crippen LogP contribution in [-0.4, -0.2) is 43.5 Å². The average molecular weight is 354 g/mol. The van der Waals surface area contributed by atoms with Gasteiger partial charge in [0, 0.05) is 32.6 Å². The largest absolute Gasteiger partial charge is 0.469 e. The second kappa shape index (κ2) is 10.6. The van der Waals surface area contributed by atoms with Gasteiger partial charge in [0.1, 0.15) is 18.5 Å². The van der Waals surface area contributed by atoms with E-state index >= 15 is 0 Å². The number of esters is 3. The van der Waals surface area contributed by atoms with Crippen LogP contribution < -0.4 is 0 Å². The molecule has 0 unspecified atom stereocenters. The molecule has 1 saturated carbocycles. The Balaban J connectivity index is 2.63. The molecule has 0 aromatic rings. The fourth-order valence-electron chi connectivity index (χ4n) is 3.11. The maximum absolute atomic E-state index is 11.5. The smallest absolute Gasteiger partial charge is 0.305 e. The predicted molar refractivity (Wildman–Crippen MR) is 88.4 cm³/mol. The van der Waals surface area contributed by atoms with Crippen molar-refractivity contribution < 1.29 is 33.4 Å². The van der Waals surface area contributed by atoms with Crippen LogP contribution in [0.15, 0.2) is 12.2 Å². The number of carbonyl (C=O) groups is 4. The van der Waals surface area contributed by atoms with Gasteiger partial charge >= 0.3 is 17.9 Å². The summed E-state index contributed by atoms with van der Waals surface area (Å²) in [4.78, 5) is 45.0. The van der Waals surface area contributed by atoms with Crippen molar-refractivity contribution in [1.82, 2.24) is 0 Å². The highest BCUT2D eigenvalue weighted by molar-refractivity contribution is 5.69. The number of unbranched alkanes of at least 4 members (excludes halogenated alkanes) is 1. The molecule has 7 heteroatoms. The van der Waals surface area contributed by atoms with Gasteiger partial charge in [-0.2, -0.15) is 0 Å². The Morgan fingerprint density at radius 3 is 2.24 bits per heavy atom. The number of carbonyl (C=O) groups excluding carboxylic acids is 4. The third-order valence-electron chi connectivity index (χ3n) is 4.21. The summed E-state index contributed by atoms with van der Waals surface area (Å²) in [6.45, 7) is 2.60. The molecule has 1 fully saturated rings. The molecular formula is C18H26O7. The lowest BCUT2D eigenvalue weighted by Crippen LogP contribution is -2.27. The van der Waals surface area contributed by atoms with Gasteiger partial charge in [-0.1, -0.05) is 12.2 Å². The van der Waals surface area contributed by atoms with Crippen LogP contribution >= 0.6 is 0 Å². The fourth-order valence-corrected chi connectivity index (χ4v) is 3.11. The first-order valence-corrected chi connectivity index (χ1v) is 8.40. The maximum atomic E-state index is 11.5. The molecule has 0 radical (unpaired) electrons. The van der Waals surface area contributed by atoms with Gasteiger partial charge in [0.2, 0.25) is 0 Å². The van der Waals surface area contributed by atoms with E-state index in [4.69, 9.17) is 9.47 Å². The van der Waals surface area contributed by atoms with Crippen LogP contribution in [-0.2, 0) is 33.4 Å². The molecule has 0 aromatic carbocycles. The zero-order chi connectivity index (χ0) is 18.8. The van der Waals surface area contributed by atoms with E-state index in [0.29, 0.717) is 32.1 Å². The minimum atomic E-state index is -0.572. The lowest BCUT2D eigenvalue weighted by molar-refractivity contribution is -0.149. The van der Waals surface area contributed by atoms with Gasteiger partial charge < -0.3 is 19.0 Å². The first-order chi connectivity index (χ1) is 11.9. The third kappa shape index (κ3) is 7.07. The van der Waals surface area contributed by atoms with Crippen LogP contribution in [0, 0.1) is 11.8 Å². The summed E-state index contributed by atoms with van der Waals surface area (Å²) < 4.78 is 15.1. The van der Waals surface area contributed by atoms with E-state index in [9.17, 15) is 19.2 Å². The molecule has 25 heavy (non-hydrogen) atoms. The van der Waals surface area contributed by atoms with E-state index < -0.39 is 30.1 Å². The van der Waals surface area contributed by atoms with Crippen molar-refractivity contribution in [3.8, 4) is 0 Å². The molecular weight excluding hydrogens is 328 g/mol. The average Bonchev–Trinajstić information content (AvgIpc) is 2.85. The quantitative estimate of drug-likeness (QED) is 0.205. The Hall–Kier alpha value is -2.18. The molecule has 0 N–H and O–H groups in total. The number of hydrogen-bond donors (Lipinski definition) is 0. The molecule has 0 aromatic heterocycles. The SMILES string of the molecule is COC(=O)CCC/C=C\C[C@@H]1[C@@H](C=O)[C@H](OC(C)=O)C[C@@H]1OC(C)=O. The van der Waals surface area contributed by atoms with Crippen molar-refractivity contribution in [3.63, 3.8) is 0 Å². The van der Waals surface area contributed by atoms with Crippen LogP contribution in [0.1, 0.15) is 46.0 Å². The second-order valence-corrected chi connectivity index (χ2v) is 6.08. The summed E-state index contributed by atoms with van der Waals surface area (Å²) in [5.74, 6) is -1.87. The highest BCUT2D eigenvalue weighted by atomic mass is 16.6. The Kier molecular flexibility index (Phi) is 8.88. The number of allylic oxidation sites excluding steroid dienone is 2. The summed E-state index contributed by atoms with van der Waals surface area (Å²) in [5.41, 5.74) is 0. The number of methoxy groups -OCH3 is 1. The van der Waals surface area contributed by atoms with E-state index in [1.54, 1.807) is 0 Å². The normalized spacial score (nSPS) is 25.6. The van der Waals surface area contributed by atoms with Crippen LogP contribution in [0.2, 0.25) is 0 Å². The van der Waals surface area contributed by atoms with E-state index in [1.807, 2.05) is 12.2 Å². The lowest BCUT2D eigenvalue weighted by atomic mass is 9.91. The van der Waals surface area contributed by atoms with Crippen LogP contribution in [0.5, 0.6) is 0 Å². The van der Waals surface area contributed by atoms with E-state index in [2.05, 4.69) is 4.74 Å². The number of rotatable bonds is 9. The summed E-state index contributed by atoms with van der Waals surface area (Å²) in [6.07, 6.45) is 6.15. The summed E-state index contributed by atoms with van der Waals surface area (Å²) in [5, 5.41) is 0. The van der Waals surface area contributed by atoms with Crippen molar-refractivity contribution in [2.75, 3.05) is 7.11 Å². The molecule has 4 atom stereocenters. The van der Waals surface area contributed by atoms with Gasteiger partial charge in [-0.25, -0.2) is 0 Å². The van der Waals surface area contributed by atoms with Gasteiger partial charge in [-0.05, 0) is 19.3 Å². The zero-order valence-corrected chi connectivity index (χ0v) is 14.9. The minimum Gasteiger partial charge on any atom is -0.469 e. The monoisotopic (exact) mass is 354 g/mol. The van der Waals surface area contributed by atoms with E-state index in [-0.39, 0.29) is 11.9 Å². The van der Waals surface area contributed by atoms with Crippen LogP contribution in [0.25, 0.3) is 0 Å². The molecule has 1 rings (SSSR count). The topological polar surface area (TPSA) is 96.0 Å². The second-order valence-electron chi connectivity index (χ2n) is 6.08. The fraction of sp³-hybridized carbons (Fsp3) is 0.667. The standard InChI is InChI=1S/C18H26O7/c1-12(20)24-16-10-17(25-13(2)21)15(11-19)14(16)8-6-4-5-7-9-18(22)23-3/h4,6,11,14-17H,5,7-10H2,1-3H3/b6-4-/t14-,15-,16+,17-/m1/s1. The van der Waals surface area contributed by atoms with Crippen molar-refractivity contribution in [1.29, 1.82) is 0 Å². The van der Waals surface area contributed by atoms with Gasteiger partial charge in [-0.15, -0.1) is 0 Å². The van der Waals surface area contributed by atoms with E-state index in [0.717, 1.165) is 6.29 Å². The van der Waals surface area contributed by atoms with Gasteiger partial charge in [0.15, 0.2) is 0 Å². The van der Waals surface area contributed by atoms with E-state index in [1.165, 1.54) is 21.0 Å². The summed E-state index contributed by atoms with van der Waals surface area (Å²) in [6, 6.07) is 0. The predicted octanol–water partition coefficient (Wildman–Crippen LogP) is 1.97. The highest BCUT2D eigenvalue weighted by Crippen LogP contribution is 2.38. The molecule has 0 aliphatic heterocycles. The molecule has 0 amide bonds. The van der Waals surface area contributed by atoms with Gasteiger partial charge in [0.25, 0.3) is 0 Å². The molecule has 0 heterocycles. The van der Waals surface area contributed by atoms with Crippen molar-refractivity contribution >= 4 is 24.2 Å². The van der Waals surface area contributed by atoms with Crippen LogP contribution in [0.3, 0.4) is 0 Å². The molecule has 140 valence electrons. The zero-order valence-electron chi connectivity index (χ0n) is 14.9. The Morgan fingerprint density at radius 2 is 1.68 bits per heavy atom. The molecule has 0 spiro atoms. The molecule has 7 nitrogen and oxygen atoms in total. The summed E-state index contributed by atoms with van der Waals surface area (Å²) in [7, 11) is 1.35. The van der Waals surface area contributed by atoms with Crippen LogP contribution in [0.4, 0.5) is 0 Å². The lowest BCUT2D eigenvalue weighted by Gasteiger charge is -2.20. The summed E-state index contributed by atoms with van der Waals surface area (Å²) >= 11 is 0. The first-order valence-electron chi connectivity index (χ1n) is 8.40. The number of hydrogen-bond acceptors (Lipinski definition) is 7. The minimum absolute atomic E-state index is 0.234. The molecule has 0 saturated heterocycles. The Morgan fingerprint density at radius 1 is 1.04 bits per heavy atom. The Labute approximate surface area is 147 Å². The maximum Gasteiger partial charge on any atom is 0.305 e. The number of aldehydes is 1. The van der Waals surface area contributed by atoms with Crippen molar-refractivity contribution in [2.24, 2.45) is 11.8 Å². The number of ether oxygens (including phenoxy) is 3. The molecule has 0 bridgehead atoms. The Bertz CT molecular complexity index is 512. The van der Waals surface area contributed by atoms with Crippen molar-refractivity contribution in [3.05, 3.63) is 12.2 Å². The highest BCUT2D eigenvalue weighted by Gasteiger charge is 2.46. The molecule has 1 aliphatic carbocycles. The van der Waals surface area contributed by atoms with Gasteiger partial charge in [-0.3, -0.25) is 14.4 Å². The van der Waals surface area contributed by atoms with Gasteiger partial charge in [0.05, 0.1) is 13.0 Å². The molecule has 1 aliphatic rings. The third-order valence-corrected chi connectivity index (χ3v) is 4.21.